The lowest BCUT2D eigenvalue weighted by molar-refractivity contribution is -0.437. The Balaban J connectivity index is 2.23. The van der Waals surface area contributed by atoms with Crippen molar-refractivity contribution in [2.45, 2.75) is 91.9 Å². The SMILES string of the molecule is CC(C)c1cccc(C(C)C)c1N1[C-]=[N+](c2c(C(C)C)cccc2C(C)C)CCCC1. The van der Waals surface area contributed by atoms with Gasteiger partial charge in [0.15, 0.2) is 0 Å². The van der Waals surface area contributed by atoms with Gasteiger partial charge in [0, 0.05) is 11.4 Å². The number of para-hydroxylation sites is 2. The molecule has 3 rings (SSSR count). The molecule has 1 aliphatic rings. The molecule has 0 saturated heterocycles. The fraction of sp³-hybridized carbons (Fsp3) is 0.552. The van der Waals surface area contributed by atoms with Crippen molar-refractivity contribution < 1.29 is 4.58 Å². The van der Waals surface area contributed by atoms with Crippen molar-refractivity contribution in [1.82, 2.24) is 0 Å². The van der Waals surface area contributed by atoms with Crippen molar-refractivity contribution in [2.24, 2.45) is 0 Å². The van der Waals surface area contributed by atoms with E-state index in [-0.39, 0.29) is 0 Å². The van der Waals surface area contributed by atoms with Gasteiger partial charge in [-0.1, -0.05) is 114 Å². The van der Waals surface area contributed by atoms with Gasteiger partial charge in [0.1, 0.15) is 0 Å². The largest absolute Gasteiger partial charge is 0.337 e. The van der Waals surface area contributed by atoms with Crippen LogP contribution in [0.25, 0.3) is 0 Å². The number of anilines is 1. The summed E-state index contributed by atoms with van der Waals surface area (Å²) in [5.41, 5.74) is 8.49. The van der Waals surface area contributed by atoms with Gasteiger partial charge in [-0.15, -0.1) is 0 Å². The zero-order valence-corrected chi connectivity index (χ0v) is 21.0. The van der Waals surface area contributed by atoms with Gasteiger partial charge in [0.2, 0.25) is 6.34 Å². The lowest BCUT2D eigenvalue weighted by Crippen LogP contribution is -2.28. The van der Waals surface area contributed by atoms with Crippen molar-refractivity contribution >= 4 is 17.7 Å². The van der Waals surface area contributed by atoms with E-state index in [0.29, 0.717) is 23.7 Å². The fourth-order valence-electron chi connectivity index (χ4n) is 4.76. The van der Waals surface area contributed by atoms with Gasteiger partial charge < -0.3 is 9.48 Å². The van der Waals surface area contributed by atoms with Crippen molar-refractivity contribution in [3.8, 4) is 0 Å². The van der Waals surface area contributed by atoms with Crippen LogP contribution < -0.4 is 4.90 Å². The first-order chi connectivity index (χ1) is 14.7. The molecule has 0 N–H and O–H groups in total. The highest BCUT2D eigenvalue weighted by Crippen LogP contribution is 2.38. The summed E-state index contributed by atoms with van der Waals surface area (Å²) in [5, 5.41) is 0. The van der Waals surface area contributed by atoms with E-state index < -0.39 is 0 Å². The average Bonchev–Trinajstić information content (AvgIpc) is 2.98. The predicted molar refractivity (Wildman–Crippen MR) is 136 cm³/mol. The summed E-state index contributed by atoms with van der Waals surface area (Å²) in [4.78, 5) is 2.44. The smallest absolute Gasteiger partial charge is 0.206 e. The molecule has 0 atom stereocenters. The molecule has 168 valence electrons. The summed E-state index contributed by atoms with van der Waals surface area (Å²) in [7, 11) is 0. The van der Waals surface area contributed by atoms with Gasteiger partial charge in [0.25, 0.3) is 0 Å². The van der Waals surface area contributed by atoms with Crippen LogP contribution in [0.15, 0.2) is 36.4 Å². The van der Waals surface area contributed by atoms with E-state index in [1.54, 1.807) is 0 Å². The number of benzene rings is 2. The number of rotatable bonds is 6. The Morgan fingerprint density at radius 2 is 1.13 bits per heavy atom. The molecule has 0 bridgehead atoms. The summed E-state index contributed by atoms with van der Waals surface area (Å²) in [6.07, 6.45) is 6.27. The summed E-state index contributed by atoms with van der Waals surface area (Å²) < 4.78 is 2.44. The first kappa shape index (κ1) is 23.6. The first-order valence-corrected chi connectivity index (χ1v) is 12.3. The second-order valence-electron chi connectivity index (χ2n) is 10.3. The third-order valence-corrected chi connectivity index (χ3v) is 6.48. The van der Waals surface area contributed by atoms with E-state index >= 15 is 0 Å². The summed E-state index contributed by atoms with van der Waals surface area (Å²) >= 11 is 0. The van der Waals surface area contributed by atoms with Crippen LogP contribution >= 0.6 is 0 Å². The Bertz CT molecular complexity index is 866. The monoisotopic (exact) mass is 418 g/mol. The number of nitrogens with zero attached hydrogens (tertiary/aromatic N) is 2. The minimum atomic E-state index is 0.487. The normalized spacial score (nSPS) is 15.2. The van der Waals surface area contributed by atoms with E-state index in [9.17, 15) is 0 Å². The standard InChI is InChI=1S/C29H42N2/c1-20(2)24-13-11-14-25(21(3)4)28(24)30-17-9-10-18-31(19-30)29-26(22(5)6)15-12-16-27(29)23(7)8/h11-16,20-23H,9-10,17-18H2,1-8H3. The maximum absolute atomic E-state index is 3.90. The predicted octanol–water partition coefficient (Wildman–Crippen LogP) is 8.03. The first-order valence-electron chi connectivity index (χ1n) is 12.3. The molecule has 0 aromatic heterocycles. The number of hydrogen-bond acceptors (Lipinski definition) is 1. The van der Waals surface area contributed by atoms with Crippen LogP contribution in [0, 0.1) is 0 Å². The van der Waals surface area contributed by atoms with Crippen LogP contribution in [-0.4, -0.2) is 24.0 Å². The molecule has 2 nitrogen and oxygen atoms in total. The van der Waals surface area contributed by atoms with E-state index in [1.807, 2.05) is 0 Å². The molecule has 0 saturated carbocycles. The van der Waals surface area contributed by atoms with Gasteiger partial charge in [-0.25, -0.2) is 0 Å². The molecule has 2 aromatic carbocycles. The van der Waals surface area contributed by atoms with Crippen molar-refractivity contribution in [3.05, 3.63) is 58.7 Å². The van der Waals surface area contributed by atoms with E-state index in [0.717, 1.165) is 13.1 Å². The second-order valence-corrected chi connectivity index (χ2v) is 10.3. The Morgan fingerprint density at radius 1 is 0.677 bits per heavy atom. The quantitative estimate of drug-likeness (QED) is 0.340. The minimum Gasteiger partial charge on any atom is -0.337 e. The van der Waals surface area contributed by atoms with Crippen molar-refractivity contribution in [2.75, 3.05) is 18.0 Å². The highest BCUT2D eigenvalue weighted by molar-refractivity contribution is 5.81. The molecule has 0 radical (unpaired) electrons. The Kier molecular flexibility index (Phi) is 7.62. The summed E-state index contributed by atoms with van der Waals surface area (Å²) in [6, 6.07) is 13.7. The van der Waals surface area contributed by atoms with Gasteiger partial charge >= 0.3 is 0 Å². The zero-order valence-electron chi connectivity index (χ0n) is 21.0. The van der Waals surface area contributed by atoms with Gasteiger partial charge in [-0.2, -0.15) is 0 Å². The lowest BCUT2D eigenvalue weighted by atomic mass is 9.92. The topological polar surface area (TPSA) is 6.25 Å². The maximum Gasteiger partial charge on any atom is 0.206 e. The molecule has 0 amide bonds. The Hall–Kier alpha value is -2.09. The minimum absolute atomic E-state index is 0.487. The van der Waals surface area contributed by atoms with Crippen LogP contribution in [0.3, 0.4) is 0 Å². The van der Waals surface area contributed by atoms with Crippen LogP contribution in [0.4, 0.5) is 11.4 Å². The van der Waals surface area contributed by atoms with Crippen LogP contribution in [-0.2, 0) is 0 Å². The van der Waals surface area contributed by atoms with E-state index in [2.05, 4.69) is 108 Å². The highest BCUT2D eigenvalue weighted by atomic mass is 15.2. The average molecular weight is 419 g/mol. The van der Waals surface area contributed by atoms with Gasteiger partial charge in [-0.05, 0) is 36.5 Å². The molecule has 2 heteroatoms. The zero-order chi connectivity index (χ0) is 22.7. The second kappa shape index (κ2) is 10.0. The summed E-state index contributed by atoms with van der Waals surface area (Å²) in [6.45, 7) is 20.5. The maximum atomic E-state index is 3.90. The third-order valence-electron chi connectivity index (χ3n) is 6.48. The Labute approximate surface area is 191 Å². The van der Waals surface area contributed by atoms with Gasteiger partial charge in [-0.3, -0.25) is 0 Å². The molecule has 1 aliphatic heterocycles. The molecule has 2 aromatic rings. The summed E-state index contributed by atoms with van der Waals surface area (Å²) in [5.74, 6) is 1.95. The molecule has 0 unspecified atom stereocenters. The van der Waals surface area contributed by atoms with E-state index in [4.69, 9.17) is 0 Å². The fourth-order valence-corrected chi connectivity index (χ4v) is 4.76. The van der Waals surface area contributed by atoms with Crippen molar-refractivity contribution in [1.29, 1.82) is 0 Å². The number of hydrogen-bond donors (Lipinski definition) is 0. The molecule has 1 heterocycles. The highest BCUT2D eigenvalue weighted by Gasteiger charge is 2.22. The van der Waals surface area contributed by atoms with Gasteiger partial charge in [0.05, 0.1) is 13.1 Å². The molecule has 31 heavy (non-hydrogen) atoms. The van der Waals surface area contributed by atoms with Crippen molar-refractivity contribution in [3.63, 3.8) is 0 Å². The van der Waals surface area contributed by atoms with Crippen LogP contribution in [0.5, 0.6) is 0 Å². The third kappa shape index (κ3) is 5.05. The van der Waals surface area contributed by atoms with Crippen LogP contribution in [0.2, 0.25) is 0 Å². The molecule has 0 fully saturated rings. The molecule has 0 aliphatic carbocycles. The molecular weight excluding hydrogens is 376 g/mol. The lowest BCUT2D eigenvalue weighted by Gasteiger charge is -2.30. The Morgan fingerprint density at radius 3 is 1.58 bits per heavy atom. The molecule has 0 spiro atoms. The van der Waals surface area contributed by atoms with E-state index in [1.165, 1.54) is 46.5 Å². The molecular formula is C29H42N2. The van der Waals surface area contributed by atoms with Crippen LogP contribution in [0.1, 0.15) is 114 Å².